The van der Waals surface area contributed by atoms with E-state index in [1.807, 2.05) is 6.08 Å². The largest absolute Gasteiger partial charge is 0.420 e. The Kier molecular flexibility index (Phi) is 12.9. The molecule has 0 aromatic carbocycles. The van der Waals surface area contributed by atoms with Gasteiger partial charge in [-0.15, -0.1) is 6.58 Å². The van der Waals surface area contributed by atoms with Crippen LogP contribution in [0.4, 0.5) is 0 Å². The first kappa shape index (κ1) is 15.9. The summed E-state index contributed by atoms with van der Waals surface area (Å²) < 4.78 is 6.10. The highest BCUT2D eigenvalue weighted by Crippen LogP contribution is 2.11. The summed E-state index contributed by atoms with van der Waals surface area (Å²) in [6.45, 7) is 9.29. The SMILES string of the molecule is C=CCCCCO[SiH](CCCC)CCCC. The summed E-state index contributed by atoms with van der Waals surface area (Å²) in [6, 6.07) is 2.77. The molecule has 0 spiro atoms. The van der Waals surface area contributed by atoms with E-state index in [-0.39, 0.29) is 0 Å². The summed E-state index contributed by atoms with van der Waals surface area (Å²) >= 11 is 0. The zero-order valence-electron chi connectivity index (χ0n) is 11.3. The minimum atomic E-state index is -0.846. The van der Waals surface area contributed by atoms with E-state index in [9.17, 15) is 0 Å². The monoisotopic (exact) mass is 242 g/mol. The van der Waals surface area contributed by atoms with E-state index in [4.69, 9.17) is 4.43 Å². The standard InChI is InChI=1S/C14H30OSi/c1-4-7-10-11-12-15-16(13-8-5-2)14-9-6-3/h4,16H,1,5-14H2,2-3H3. The number of unbranched alkanes of at least 4 members (excludes halogenated alkanes) is 4. The molecule has 0 saturated heterocycles. The summed E-state index contributed by atoms with van der Waals surface area (Å²) in [5, 5.41) is 0. The van der Waals surface area contributed by atoms with Gasteiger partial charge < -0.3 is 4.43 Å². The second-order valence-corrected chi connectivity index (χ2v) is 7.29. The first-order chi connectivity index (χ1) is 7.85. The number of hydrogen-bond acceptors (Lipinski definition) is 1. The molecule has 0 rings (SSSR count). The topological polar surface area (TPSA) is 9.23 Å². The molecule has 1 nitrogen and oxygen atoms in total. The summed E-state index contributed by atoms with van der Waals surface area (Å²) in [7, 11) is -0.846. The summed E-state index contributed by atoms with van der Waals surface area (Å²) in [4.78, 5) is 0. The highest BCUT2D eigenvalue weighted by molar-refractivity contribution is 6.51. The van der Waals surface area contributed by atoms with E-state index in [0.717, 1.165) is 13.0 Å². The number of rotatable bonds is 12. The van der Waals surface area contributed by atoms with Crippen molar-refractivity contribution in [3.8, 4) is 0 Å². The average molecular weight is 242 g/mol. The Morgan fingerprint density at radius 2 is 1.62 bits per heavy atom. The Morgan fingerprint density at radius 3 is 2.12 bits per heavy atom. The van der Waals surface area contributed by atoms with Crippen molar-refractivity contribution in [2.75, 3.05) is 6.61 Å². The first-order valence-electron chi connectivity index (χ1n) is 7.07. The molecule has 0 saturated carbocycles. The van der Waals surface area contributed by atoms with Gasteiger partial charge in [-0.25, -0.2) is 0 Å². The molecule has 0 radical (unpaired) electrons. The summed E-state index contributed by atoms with van der Waals surface area (Å²) in [6.07, 6.45) is 11.0. The Hall–Kier alpha value is -0.0831. The molecule has 0 fully saturated rings. The van der Waals surface area contributed by atoms with E-state index in [0.29, 0.717) is 0 Å². The van der Waals surface area contributed by atoms with Gasteiger partial charge in [0.2, 0.25) is 0 Å². The molecule has 16 heavy (non-hydrogen) atoms. The lowest BCUT2D eigenvalue weighted by Crippen LogP contribution is -2.18. The van der Waals surface area contributed by atoms with Crippen LogP contribution in [-0.2, 0) is 4.43 Å². The van der Waals surface area contributed by atoms with Gasteiger partial charge in [0.05, 0.1) is 0 Å². The molecule has 0 aliphatic carbocycles. The van der Waals surface area contributed by atoms with Crippen LogP contribution >= 0.6 is 0 Å². The fourth-order valence-electron chi connectivity index (χ4n) is 1.82. The van der Waals surface area contributed by atoms with Crippen LogP contribution in [0.5, 0.6) is 0 Å². The maximum atomic E-state index is 6.10. The van der Waals surface area contributed by atoms with Crippen LogP contribution in [0, 0.1) is 0 Å². The van der Waals surface area contributed by atoms with Gasteiger partial charge in [0.1, 0.15) is 0 Å². The highest BCUT2D eigenvalue weighted by Gasteiger charge is 2.10. The molecule has 0 aliphatic heterocycles. The molecule has 0 aromatic rings. The molecule has 0 N–H and O–H groups in total. The molecule has 96 valence electrons. The van der Waals surface area contributed by atoms with Crippen LogP contribution in [0.1, 0.15) is 58.8 Å². The van der Waals surface area contributed by atoms with E-state index in [2.05, 4.69) is 20.4 Å². The maximum Gasteiger partial charge on any atom is 0.176 e. The van der Waals surface area contributed by atoms with E-state index in [1.165, 1.54) is 50.6 Å². The Bertz CT molecular complexity index is 140. The third-order valence-corrected chi connectivity index (χ3v) is 5.73. The molecule has 2 heteroatoms. The zero-order chi connectivity index (χ0) is 12.1. The van der Waals surface area contributed by atoms with Crippen molar-refractivity contribution in [3.05, 3.63) is 12.7 Å². The van der Waals surface area contributed by atoms with Gasteiger partial charge in [-0.3, -0.25) is 0 Å². The molecule has 0 unspecified atom stereocenters. The molecule has 0 aromatic heterocycles. The van der Waals surface area contributed by atoms with Crippen LogP contribution in [0.2, 0.25) is 12.1 Å². The predicted octanol–water partition coefficient (Wildman–Crippen LogP) is 4.68. The predicted molar refractivity (Wildman–Crippen MR) is 76.6 cm³/mol. The normalized spacial score (nSPS) is 10.9. The Balaban J connectivity index is 3.51. The van der Waals surface area contributed by atoms with Gasteiger partial charge in [-0.1, -0.05) is 45.6 Å². The van der Waals surface area contributed by atoms with Crippen LogP contribution in [0.25, 0.3) is 0 Å². The number of hydrogen-bond donors (Lipinski definition) is 0. The fourth-order valence-corrected chi connectivity index (χ4v) is 4.66. The number of allylic oxidation sites excluding steroid dienone is 1. The van der Waals surface area contributed by atoms with Crippen LogP contribution in [0.15, 0.2) is 12.7 Å². The molecule has 0 aliphatic rings. The first-order valence-corrected chi connectivity index (χ1v) is 9.18. The van der Waals surface area contributed by atoms with Crippen LogP contribution in [-0.4, -0.2) is 15.6 Å². The van der Waals surface area contributed by atoms with Crippen molar-refractivity contribution in [2.24, 2.45) is 0 Å². The van der Waals surface area contributed by atoms with E-state index in [1.54, 1.807) is 0 Å². The lowest BCUT2D eigenvalue weighted by atomic mass is 10.2. The smallest absolute Gasteiger partial charge is 0.176 e. The van der Waals surface area contributed by atoms with E-state index >= 15 is 0 Å². The average Bonchev–Trinajstić information content (AvgIpc) is 2.31. The van der Waals surface area contributed by atoms with Crippen molar-refractivity contribution in [1.29, 1.82) is 0 Å². The molecule has 0 amide bonds. The molecular formula is C14H30OSi. The van der Waals surface area contributed by atoms with Gasteiger partial charge in [-0.05, 0) is 31.4 Å². The van der Waals surface area contributed by atoms with Gasteiger partial charge >= 0.3 is 0 Å². The molecule has 0 atom stereocenters. The van der Waals surface area contributed by atoms with Crippen molar-refractivity contribution < 1.29 is 4.43 Å². The van der Waals surface area contributed by atoms with Crippen molar-refractivity contribution in [2.45, 2.75) is 70.9 Å². The van der Waals surface area contributed by atoms with Crippen LogP contribution in [0.3, 0.4) is 0 Å². The summed E-state index contributed by atoms with van der Waals surface area (Å²) in [5.41, 5.74) is 0. The molecular weight excluding hydrogens is 212 g/mol. The lowest BCUT2D eigenvalue weighted by molar-refractivity contribution is 0.305. The van der Waals surface area contributed by atoms with Gasteiger partial charge in [0.25, 0.3) is 0 Å². The summed E-state index contributed by atoms with van der Waals surface area (Å²) in [5.74, 6) is 0. The second kappa shape index (κ2) is 13.0. The Morgan fingerprint density at radius 1 is 1.00 bits per heavy atom. The minimum Gasteiger partial charge on any atom is -0.420 e. The third kappa shape index (κ3) is 10.4. The van der Waals surface area contributed by atoms with E-state index < -0.39 is 9.04 Å². The lowest BCUT2D eigenvalue weighted by Gasteiger charge is -2.15. The highest BCUT2D eigenvalue weighted by atomic mass is 28.3. The van der Waals surface area contributed by atoms with Gasteiger partial charge in [0, 0.05) is 6.61 Å². The van der Waals surface area contributed by atoms with Gasteiger partial charge in [0.15, 0.2) is 9.04 Å². The van der Waals surface area contributed by atoms with Crippen molar-refractivity contribution in [3.63, 3.8) is 0 Å². The van der Waals surface area contributed by atoms with Crippen molar-refractivity contribution >= 4 is 9.04 Å². The minimum absolute atomic E-state index is 0.846. The van der Waals surface area contributed by atoms with Gasteiger partial charge in [-0.2, -0.15) is 0 Å². The molecule has 0 heterocycles. The van der Waals surface area contributed by atoms with Crippen molar-refractivity contribution in [1.82, 2.24) is 0 Å². The fraction of sp³-hybridized carbons (Fsp3) is 0.857. The molecule has 0 bridgehead atoms. The second-order valence-electron chi connectivity index (χ2n) is 4.56. The third-order valence-electron chi connectivity index (χ3n) is 2.92. The zero-order valence-corrected chi connectivity index (χ0v) is 12.5. The quantitative estimate of drug-likeness (QED) is 0.274. The van der Waals surface area contributed by atoms with Crippen LogP contribution < -0.4 is 0 Å². The maximum absolute atomic E-state index is 6.10. The Labute approximate surface area is 104 Å².